The van der Waals surface area contributed by atoms with Crippen LogP contribution in [0.15, 0.2) is 28.8 Å². The molecule has 2 amide bonds. The van der Waals surface area contributed by atoms with Crippen LogP contribution >= 0.6 is 35.0 Å². The van der Waals surface area contributed by atoms with Gasteiger partial charge in [0.05, 0.1) is 21.6 Å². The summed E-state index contributed by atoms with van der Waals surface area (Å²) in [7, 11) is 3.99. The minimum atomic E-state index is -0.232. The van der Waals surface area contributed by atoms with Crippen LogP contribution in [0.4, 0.5) is 5.82 Å². The van der Waals surface area contributed by atoms with Crippen molar-refractivity contribution in [2.45, 2.75) is 19.9 Å². The second-order valence-electron chi connectivity index (χ2n) is 7.08. The van der Waals surface area contributed by atoms with Gasteiger partial charge in [-0.15, -0.1) is 11.8 Å². The van der Waals surface area contributed by atoms with E-state index in [-0.39, 0.29) is 23.3 Å². The molecule has 2 rings (SSSR count). The Bertz CT molecular complexity index is 860. The summed E-state index contributed by atoms with van der Waals surface area (Å²) in [4.78, 5) is 28.7. The highest BCUT2D eigenvalue weighted by Gasteiger charge is 2.16. The molecule has 30 heavy (non-hydrogen) atoms. The van der Waals surface area contributed by atoms with Crippen LogP contribution in [0, 0.1) is 6.92 Å². The largest absolute Gasteiger partial charge is 0.360 e. The second-order valence-corrected chi connectivity index (χ2v) is 8.88. The molecule has 164 valence electrons. The van der Waals surface area contributed by atoms with E-state index in [0.29, 0.717) is 34.7 Å². The van der Waals surface area contributed by atoms with E-state index in [2.05, 4.69) is 15.4 Å². The Hall–Kier alpha value is -1.74. The first-order valence-corrected chi connectivity index (χ1v) is 11.3. The van der Waals surface area contributed by atoms with Gasteiger partial charge in [0.15, 0.2) is 5.82 Å². The van der Waals surface area contributed by atoms with E-state index in [1.54, 1.807) is 30.0 Å². The number of aromatic nitrogens is 1. The first-order valence-electron chi connectivity index (χ1n) is 9.42. The van der Waals surface area contributed by atoms with Gasteiger partial charge >= 0.3 is 0 Å². The van der Waals surface area contributed by atoms with Crippen LogP contribution in [-0.4, -0.2) is 65.5 Å². The number of rotatable bonds is 11. The number of benzene rings is 1. The number of carbonyl (C=O) groups excluding carboxylic acids is 2. The number of amides is 2. The van der Waals surface area contributed by atoms with Crippen molar-refractivity contribution in [2.24, 2.45) is 0 Å². The summed E-state index contributed by atoms with van der Waals surface area (Å²) in [6.07, 6.45) is 0.844. The monoisotopic (exact) mass is 472 g/mol. The molecule has 1 heterocycles. The van der Waals surface area contributed by atoms with Gasteiger partial charge < -0.3 is 19.6 Å². The third-order valence-electron chi connectivity index (χ3n) is 4.10. The van der Waals surface area contributed by atoms with Crippen molar-refractivity contribution < 1.29 is 14.1 Å². The number of halogens is 2. The highest BCUT2D eigenvalue weighted by molar-refractivity contribution is 8.00. The zero-order valence-electron chi connectivity index (χ0n) is 17.3. The summed E-state index contributed by atoms with van der Waals surface area (Å²) in [6, 6.07) is 7.00. The topological polar surface area (TPSA) is 78.7 Å². The minimum absolute atomic E-state index is 0.0325. The van der Waals surface area contributed by atoms with Gasteiger partial charge in [-0.25, -0.2) is 0 Å². The van der Waals surface area contributed by atoms with Gasteiger partial charge in [0.1, 0.15) is 5.76 Å². The molecule has 0 aliphatic rings. The predicted octanol–water partition coefficient (Wildman–Crippen LogP) is 3.94. The molecule has 1 aromatic carbocycles. The molecule has 0 unspecified atom stereocenters. The Balaban J connectivity index is 1.88. The van der Waals surface area contributed by atoms with E-state index in [4.69, 9.17) is 27.7 Å². The van der Waals surface area contributed by atoms with Gasteiger partial charge in [-0.1, -0.05) is 34.4 Å². The minimum Gasteiger partial charge on any atom is -0.360 e. The third-order valence-corrected chi connectivity index (χ3v) is 5.75. The molecule has 0 aliphatic carbocycles. The Kier molecular flexibility index (Phi) is 9.97. The molecule has 7 nitrogen and oxygen atoms in total. The lowest BCUT2D eigenvalue weighted by Crippen LogP contribution is -2.34. The summed E-state index contributed by atoms with van der Waals surface area (Å²) >= 11 is 13.4. The number of carbonyl (C=O) groups is 2. The van der Waals surface area contributed by atoms with Crippen LogP contribution in [0.5, 0.6) is 0 Å². The van der Waals surface area contributed by atoms with Crippen LogP contribution in [0.1, 0.15) is 17.7 Å². The SMILES string of the molecule is Cc1cc(NC(=O)CSCC(=O)N(CCCN(C)C)Cc2ccc(Cl)c(Cl)c2)no1. The van der Waals surface area contributed by atoms with Gasteiger partial charge in [0.25, 0.3) is 0 Å². The molecule has 1 aromatic heterocycles. The molecular formula is C20H26Cl2N4O3S. The quantitative estimate of drug-likeness (QED) is 0.533. The van der Waals surface area contributed by atoms with Gasteiger partial charge in [0.2, 0.25) is 11.8 Å². The number of hydrogen-bond acceptors (Lipinski definition) is 6. The second kappa shape index (κ2) is 12.2. The number of thioether (sulfide) groups is 1. The summed E-state index contributed by atoms with van der Waals surface area (Å²) in [5, 5.41) is 7.30. The van der Waals surface area contributed by atoms with E-state index in [9.17, 15) is 9.59 Å². The lowest BCUT2D eigenvalue weighted by molar-refractivity contribution is -0.129. The molecule has 0 fully saturated rings. The maximum Gasteiger partial charge on any atom is 0.235 e. The van der Waals surface area contributed by atoms with E-state index < -0.39 is 0 Å². The summed E-state index contributed by atoms with van der Waals surface area (Å²) in [6.45, 7) is 3.67. The summed E-state index contributed by atoms with van der Waals surface area (Å²) < 4.78 is 4.91. The molecule has 2 aromatic rings. The molecule has 0 aliphatic heterocycles. The summed E-state index contributed by atoms with van der Waals surface area (Å²) in [5.41, 5.74) is 0.909. The van der Waals surface area contributed by atoms with Crippen molar-refractivity contribution in [2.75, 3.05) is 44.0 Å². The fraction of sp³-hybridized carbons (Fsp3) is 0.450. The Labute approximate surface area is 191 Å². The van der Waals surface area contributed by atoms with E-state index in [1.807, 2.05) is 20.2 Å². The Morgan fingerprint density at radius 1 is 1.13 bits per heavy atom. The molecule has 1 N–H and O–H groups in total. The van der Waals surface area contributed by atoms with Gasteiger partial charge in [0, 0.05) is 19.2 Å². The highest BCUT2D eigenvalue weighted by Crippen LogP contribution is 2.23. The highest BCUT2D eigenvalue weighted by atomic mass is 35.5. The van der Waals surface area contributed by atoms with E-state index >= 15 is 0 Å². The first kappa shape index (κ1) is 24.5. The van der Waals surface area contributed by atoms with E-state index in [1.165, 1.54) is 11.8 Å². The molecule has 10 heteroatoms. The van der Waals surface area contributed by atoms with Gasteiger partial charge in [-0.2, -0.15) is 0 Å². The fourth-order valence-electron chi connectivity index (χ4n) is 2.65. The maximum absolute atomic E-state index is 12.8. The molecule has 0 radical (unpaired) electrons. The third kappa shape index (κ3) is 8.55. The van der Waals surface area contributed by atoms with E-state index in [0.717, 1.165) is 18.5 Å². The zero-order valence-corrected chi connectivity index (χ0v) is 19.6. The molecular weight excluding hydrogens is 447 g/mol. The number of hydrogen-bond donors (Lipinski definition) is 1. The van der Waals surface area contributed by atoms with Crippen LogP contribution < -0.4 is 5.32 Å². The molecule has 0 bridgehead atoms. The number of nitrogens with zero attached hydrogens (tertiary/aromatic N) is 3. The first-order chi connectivity index (χ1) is 14.2. The molecule has 0 spiro atoms. The fourth-order valence-corrected chi connectivity index (χ4v) is 3.69. The molecule has 0 saturated heterocycles. The Morgan fingerprint density at radius 2 is 1.90 bits per heavy atom. The van der Waals surface area contributed by atoms with Crippen molar-refractivity contribution in [1.82, 2.24) is 15.0 Å². The normalized spacial score (nSPS) is 11.0. The van der Waals surface area contributed by atoms with Crippen LogP contribution in [0.25, 0.3) is 0 Å². The smallest absolute Gasteiger partial charge is 0.235 e. The predicted molar refractivity (Wildman–Crippen MR) is 122 cm³/mol. The molecule has 0 saturated carbocycles. The lowest BCUT2D eigenvalue weighted by Gasteiger charge is -2.24. The van der Waals surface area contributed by atoms with Gasteiger partial charge in [-0.3, -0.25) is 9.59 Å². The Morgan fingerprint density at radius 3 is 2.53 bits per heavy atom. The number of nitrogens with one attached hydrogen (secondary N) is 1. The zero-order chi connectivity index (χ0) is 22.1. The van der Waals surface area contributed by atoms with Crippen molar-refractivity contribution in [3.63, 3.8) is 0 Å². The average molecular weight is 473 g/mol. The van der Waals surface area contributed by atoms with Crippen molar-refractivity contribution >= 4 is 52.6 Å². The molecule has 0 atom stereocenters. The summed E-state index contributed by atoms with van der Waals surface area (Å²) in [5.74, 6) is 1.07. The lowest BCUT2D eigenvalue weighted by atomic mass is 10.2. The maximum atomic E-state index is 12.8. The van der Waals surface area contributed by atoms with Crippen LogP contribution in [0.2, 0.25) is 10.0 Å². The van der Waals surface area contributed by atoms with Crippen LogP contribution in [0.3, 0.4) is 0 Å². The van der Waals surface area contributed by atoms with Crippen molar-refractivity contribution in [1.29, 1.82) is 0 Å². The van der Waals surface area contributed by atoms with Crippen molar-refractivity contribution in [3.05, 3.63) is 45.6 Å². The van der Waals surface area contributed by atoms with Crippen LogP contribution in [-0.2, 0) is 16.1 Å². The average Bonchev–Trinajstić information content (AvgIpc) is 3.08. The van der Waals surface area contributed by atoms with Crippen molar-refractivity contribution in [3.8, 4) is 0 Å². The number of aryl methyl sites for hydroxylation is 1. The standard InChI is InChI=1S/C20H26Cl2N4O3S/c1-14-9-18(24-29-14)23-19(27)12-30-13-20(28)26(8-4-7-25(2)3)11-15-5-6-16(21)17(22)10-15/h5-6,9-10H,4,7-8,11-13H2,1-3H3,(H,23,24,27). The number of anilines is 1. The van der Waals surface area contributed by atoms with Gasteiger partial charge in [-0.05, 0) is 51.7 Å².